The lowest BCUT2D eigenvalue weighted by molar-refractivity contribution is 0.112. The zero-order valence-electron chi connectivity index (χ0n) is 10.6. The van der Waals surface area contributed by atoms with Gasteiger partial charge >= 0.3 is 0 Å². The van der Waals surface area contributed by atoms with Crippen LogP contribution in [0.2, 0.25) is 0 Å². The molecule has 0 bridgehead atoms. The first-order valence-corrected chi connectivity index (χ1v) is 6.42. The van der Waals surface area contributed by atoms with E-state index in [0.29, 0.717) is 0 Å². The predicted molar refractivity (Wildman–Crippen MR) is 78.4 cm³/mol. The molecule has 2 aromatic carbocycles. The van der Waals surface area contributed by atoms with Gasteiger partial charge < -0.3 is 4.90 Å². The smallest absolute Gasteiger partial charge is 0.150 e. The van der Waals surface area contributed by atoms with Crippen molar-refractivity contribution in [1.29, 1.82) is 0 Å². The second-order valence-corrected chi connectivity index (χ2v) is 4.67. The van der Waals surface area contributed by atoms with Gasteiger partial charge in [-0.2, -0.15) is 0 Å². The molecule has 0 saturated heterocycles. The van der Waals surface area contributed by atoms with Crippen LogP contribution in [0.25, 0.3) is 6.08 Å². The van der Waals surface area contributed by atoms with E-state index in [0.717, 1.165) is 36.2 Å². The van der Waals surface area contributed by atoms with Gasteiger partial charge in [0, 0.05) is 29.9 Å². The van der Waals surface area contributed by atoms with Crippen molar-refractivity contribution in [2.24, 2.45) is 0 Å². The third kappa shape index (κ3) is 2.29. The minimum Gasteiger partial charge on any atom is -0.363 e. The summed E-state index contributed by atoms with van der Waals surface area (Å²) in [6.07, 6.45) is 5.08. The number of rotatable bonds is 3. The first-order valence-electron chi connectivity index (χ1n) is 6.42. The van der Waals surface area contributed by atoms with E-state index in [1.54, 1.807) is 0 Å². The molecule has 2 nitrogen and oxygen atoms in total. The standard InChI is InChI=1S/C17H15NO/c19-13-15-8-4-10-17-16(15)9-5-11-18(17)12-14-6-2-1-3-7-14/h1-10,13H,11-12H2. The van der Waals surface area contributed by atoms with Crippen molar-refractivity contribution in [3.63, 3.8) is 0 Å². The van der Waals surface area contributed by atoms with Crippen LogP contribution < -0.4 is 4.90 Å². The quantitative estimate of drug-likeness (QED) is 0.775. The summed E-state index contributed by atoms with van der Waals surface area (Å²) in [5.41, 5.74) is 4.20. The van der Waals surface area contributed by atoms with Gasteiger partial charge in [0.05, 0.1) is 0 Å². The van der Waals surface area contributed by atoms with Gasteiger partial charge in [0.2, 0.25) is 0 Å². The van der Waals surface area contributed by atoms with Crippen molar-refractivity contribution in [3.8, 4) is 0 Å². The van der Waals surface area contributed by atoms with Crippen molar-refractivity contribution < 1.29 is 4.79 Å². The minimum absolute atomic E-state index is 0.756. The number of anilines is 1. The van der Waals surface area contributed by atoms with Crippen LogP contribution >= 0.6 is 0 Å². The van der Waals surface area contributed by atoms with Crippen molar-refractivity contribution in [3.05, 3.63) is 71.3 Å². The molecule has 0 fully saturated rings. The largest absolute Gasteiger partial charge is 0.363 e. The van der Waals surface area contributed by atoms with Gasteiger partial charge in [-0.1, -0.05) is 54.6 Å². The Hall–Kier alpha value is -2.35. The molecular weight excluding hydrogens is 234 g/mol. The zero-order chi connectivity index (χ0) is 13.1. The summed E-state index contributed by atoms with van der Waals surface area (Å²) in [6.45, 7) is 1.74. The molecule has 1 heterocycles. The average Bonchev–Trinajstić information content (AvgIpc) is 2.48. The molecule has 1 aliphatic rings. The van der Waals surface area contributed by atoms with E-state index >= 15 is 0 Å². The zero-order valence-corrected chi connectivity index (χ0v) is 10.6. The first kappa shape index (κ1) is 11.7. The van der Waals surface area contributed by atoms with Crippen LogP contribution in [0.3, 0.4) is 0 Å². The molecule has 2 aromatic rings. The maximum atomic E-state index is 11.1. The number of hydrogen-bond acceptors (Lipinski definition) is 2. The molecule has 0 saturated carbocycles. The fourth-order valence-electron chi connectivity index (χ4n) is 2.48. The van der Waals surface area contributed by atoms with Crippen LogP contribution in [-0.4, -0.2) is 12.8 Å². The second-order valence-electron chi connectivity index (χ2n) is 4.67. The van der Waals surface area contributed by atoms with Crippen LogP contribution in [0.15, 0.2) is 54.6 Å². The molecule has 0 atom stereocenters. The monoisotopic (exact) mass is 249 g/mol. The number of carbonyl (C=O) groups excluding carboxylic acids is 1. The first-order chi connectivity index (χ1) is 9.38. The Labute approximate surface area is 113 Å². The molecule has 0 unspecified atom stereocenters. The number of benzene rings is 2. The summed E-state index contributed by atoms with van der Waals surface area (Å²) in [5, 5.41) is 0. The number of aldehydes is 1. The van der Waals surface area contributed by atoms with Crippen LogP contribution in [0.5, 0.6) is 0 Å². The van der Waals surface area contributed by atoms with Gasteiger partial charge in [0.15, 0.2) is 6.29 Å². The predicted octanol–water partition coefficient (Wildman–Crippen LogP) is 3.53. The minimum atomic E-state index is 0.756. The van der Waals surface area contributed by atoms with Gasteiger partial charge in [0.1, 0.15) is 0 Å². The number of fused-ring (bicyclic) bond motifs is 1. The van der Waals surface area contributed by atoms with E-state index in [1.807, 2.05) is 24.3 Å². The highest BCUT2D eigenvalue weighted by molar-refractivity contribution is 5.88. The molecule has 0 aliphatic carbocycles. The molecule has 2 heteroatoms. The topological polar surface area (TPSA) is 20.3 Å². The van der Waals surface area contributed by atoms with Crippen molar-refractivity contribution >= 4 is 18.0 Å². The van der Waals surface area contributed by atoms with E-state index in [2.05, 4.69) is 41.3 Å². The summed E-state index contributed by atoms with van der Waals surface area (Å²) < 4.78 is 0. The highest BCUT2D eigenvalue weighted by atomic mass is 16.1. The summed E-state index contributed by atoms with van der Waals surface area (Å²) in [5.74, 6) is 0. The Balaban J connectivity index is 1.95. The highest BCUT2D eigenvalue weighted by Gasteiger charge is 2.15. The molecule has 0 spiro atoms. The van der Waals surface area contributed by atoms with E-state index in [4.69, 9.17) is 0 Å². The summed E-state index contributed by atoms with van der Waals surface area (Å²) in [4.78, 5) is 13.4. The van der Waals surface area contributed by atoms with Gasteiger partial charge in [-0.05, 0) is 11.6 Å². The van der Waals surface area contributed by atoms with Crippen molar-refractivity contribution in [2.75, 3.05) is 11.4 Å². The molecule has 0 amide bonds. The number of hydrogen-bond donors (Lipinski definition) is 0. The molecular formula is C17H15NO. The van der Waals surface area contributed by atoms with Gasteiger partial charge in [0.25, 0.3) is 0 Å². The van der Waals surface area contributed by atoms with E-state index < -0.39 is 0 Å². The van der Waals surface area contributed by atoms with E-state index in [-0.39, 0.29) is 0 Å². The number of carbonyl (C=O) groups is 1. The van der Waals surface area contributed by atoms with Gasteiger partial charge in [-0.25, -0.2) is 0 Å². The Morgan fingerprint density at radius 2 is 1.89 bits per heavy atom. The molecule has 0 radical (unpaired) electrons. The highest BCUT2D eigenvalue weighted by Crippen LogP contribution is 2.29. The lowest BCUT2D eigenvalue weighted by atomic mass is 10.0. The fourth-order valence-corrected chi connectivity index (χ4v) is 2.48. The summed E-state index contributed by atoms with van der Waals surface area (Å²) >= 11 is 0. The third-order valence-corrected chi connectivity index (χ3v) is 3.41. The van der Waals surface area contributed by atoms with Crippen molar-refractivity contribution in [2.45, 2.75) is 6.54 Å². The Morgan fingerprint density at radius 1 is 1.05 bits per heavy atom. The summed E-state index contributed by atoms with van der Waals surface area (Å²) in [6, 6.07) is 16.3. The molecule has 94 valence electrons. The van der Waals surface area contributed by atoms with Gasteiger partial charge in [-0.3, -0.25) is 4.79 Å². The maximum absolute atomic E-state index is 11.1. The van der Waals surface area contributed by atoms with Crippen LogP contribution in [0, 0.1) is 0 Å². The molecule has 3 rings (SSSR count). The lowest BCUT2D eigenvalue weighted by Crippen LogP contribution is -2.25. The van der Waals surface area contributed by atoms with E-state index in [9.17, 15) is 4.79 Å². The van der Waals surface area contributed by atoms with Crippen LogP contribution in [0.4, 0.5) is 5.69 Å². The lowest BCUT2D eigenvalue weighted by Gasteiger charge is -2.28. The molecule has 1 aliphatic heterocycles. The molecule has 0 aromatic heterocycles. The Kier molecular flexibility index (Phi) is 3.15. The van der Waals surface area contributed by atoms with Crippen LogP contribution in [0.1, 0.15) is 21.5 Å². The Morgan fingerprint density at radius 3 is 2.68 bits per heavy atom. The fraction of sp³-hybridized carbons (Fsp3) is 0.118. The van der Waals surface area contributed by atoms with Crippen molar-refractivity contribution in [1.82, 2.24) is 0 Å². The second kappa shape index (κ2) is 5.11. The average molecular weight is 249 g/mol. The SMILES string of the molecule is O=Cc1cccc2c1C=CCN2Cc1ccccc1. The normalized spacial score (nSPS) is 13.2. The summed E-state index contributed by atoms with van der Waals surface area (Å²) in [7, 11) is 0. The van der Waals surface area contributed by atoms with Crippen LogP contribution in [-0.2, 0) is 6.54 Å². The number of nitrogens with zero attached hydrogens (tertiary/aromatic N) is 1. The maximum Gasteiger partial charge on any atom is 0.150 e. The molecule has 0 N–H and O–H groups in total. The Bertz CT molecular complexity index is 616. The van der Waals surface area contributed by atoms with Gasteiger partial charge in [-0.15, -0.1) is 0 Å². The van der Waals surface area contributed by atoms with E-state index in [1.165, 1.54) is 5.56 Å². The third-order valence-electron chi connectivity index (χ3n) is 3.41. The molecule has 19 heavy (non-hydrogen) atoms.